The summed E-state index contributed by atoms with van der Waals surface area (Å²) in [4.78, 5) is 22.5. The molecular weight excluding hydrogens is 244 g/mol. The fourth-order valence-corrected chi connectivity index (χ4v) is 1.92. The van der Waals surface area contributed by atoms with Gasteiger partial charge in [-0.25, -0.2) is 4.79 Å². The van der Waals surface area contributed by atoms with E-state index in [9.17, 15) is 9.59 Å². The van der Waals surface area contributed by atoms with Crippen LogP contribution in [0, 0.1) is 0 Å². The van der Waals surface area contributed by atoms with E-state index in [2.05, 4.69) is 12.6 Å². The maximum atomic E-state index is 11.6. The number of ether oxygens (including phenoxy) is 1. The standard InChI is InChI=1S/C11H12O3S2/c1-8(12)16-10(7-15)14-11(13)9-5-3-2-4-6-9/h2-6,10,15H,7H2,1H3. The van der Waals surface area contributed by atoms with Crippen LogP contribution in [0.4, 0.5) is 0 Å². The highest BCUT2D eigenvalue weighted by Gasteiger charge is 2.16. The second-order valence-corrected chi connectivity index (χ2v) is 4.69. The van der Waals surface area contributed by atoms with E-state index in [1.54, 1.807) is 24.3 Å². The summed E-state index contributed by atoms with van der Waals surface area (Å²) in [5.74, 6) is -0.128. The lowest BCUT2D eigenvalue weighted by Gasteiger charge is -2.13. The Labute approximate surface area is 104 Å². The summed E-state index contributed by atoms with van der Waals surface area (Å²) in [5, 5.41) is -0.0973. The molecule has 86 valence electrons. The monoisotopic (exact) mass is 256 g/mol. The summed E-state index contributed by atoms with van der Waals surface area (Å²) >= 11 is 4.99. The van der Waals surface area contributed by atoms with E-state index in [0.717, 1.165) is 11.8 Å². The molecule has 0 saturated heterocycles. The lowest BCUT2D eigenvalue weighted by Crippen LogP contribution is -2.18. The van der Waals surface area contributed by atoms with Crippen molar-refractivity contribution in [3.8, 4) is 0 Å². The largest absolute Gasteiger partial charge is 0.446 e. The minimum atomic E-state index is -0.534. The lowest BCUT2D eigenvalue weighted by atomic mass is 10.2. The second kappa shape index (κ2) is 6.60. The molecule has 0 aliphatic carbocycles. The molecule has 3 nitrogen and oxygen atoms in total. The Bertz CT molecular complexity index is 365. The molecule has 0 aliphatic heterocycles. The summed E-state index contributed by atoms with van der Waals surface area (Å²) in [6.45, 7) is 1.43. The molecule has 0 amide bonds. The first kappa shape index (κ1) is 13.1. The van der Waals surface area contributed by atoms with Crippen molar-refractivity contribution in [1.29, 1.82) is 0 Å². The molecule has 5 heteroatoms. The molecule has 0 N–H and O–H groups in total. The maximum Gasteiger partial charge on any atom is 0.339 e. The van der Waals surface area contributed by atoms with Crippen LogP contribution in [0.5, 0.6) is 0 Å². The van der Waals surface area contributed by atoms with E-state index in [0.29, 0.717) is 11.3 Å². The van der Waals surface area contributed by atoms with Crippen LogP contribution in [0.25, 0.3) is 0 Å². The van der Waals surface area contributed by atoms with Crippen LogP contribution in [0.3, 0.4) is 0 Å². The third-order valence-electron chi connectivity index (χ3n) is 1.69. The predicted molar refractivity (Wildman–Crippen MR) is 67.8 cm³/mol. The minimum absolute atomic E-state index is 0.0973. The topological polar surface area (TPSA) is 43.4 Å². The molecule has 0 aromatic heterocycles. The Morgan fingerprint density at radius 2 is 2.00 bits per heavy atom. The fourth-order valence-electron chi connectivity index (χ4n) is 1.05. The molecule has 0 bridgehead atoms. The van der Waals surface area contributed by atoms with Crippen LogP contribution >= 0.6 is 24.4 Å². The maximum absolute atomic E-state index is 11.6. The van der Waals surface area contributed by atoms with Gasteiger partial charge >= 0.3 is 5.97 Å². The molecular formula is C11H12O3S2. The molecule has 1 unspecified atom stereocenters. The number of thiol groups is 1. The average Bonchev–Trinajstić information content (AvgIpc) is 2.28. The minimum Gasteiger partial charge on any atom is -0.446 e. The van der Waals surface area contributed by atoms with Crippen molar-refractivity contribution >= 4 is 35.5 Å². The van der Waals surface area contributed by atoms with E-state index in [4.69, 9.17) is 4.74 Å². The van der Waals surface area contributed by atoms with Crippen LogP contribution in [0.1, 0.15) is 17.3 Å². The molecule has 0 fully saturated rings. The van der Waals surface area contributed by atoms with E-state index < -0.39 is 11.4 Å². The number of rotatable bonds is 4. The van der Waals surface area contributed by atoms with Crippen molar-refractivity contribution < 1.29 is 14.3 Å². The van der Waals surface area contributed by atoms with Crippen molar-refractivity contribution in [2.24, 2.45) is 0 Å². The summed E-state index contributed by atoms with van der Waals surface area (Å²) in [7, 11) is 0. The van der Waals surface area contributed by atoms with E-state index in [1.807, 2.05) is 6.07 Å². The Morgan fingerprint density at radius 1 is 1.38 bits per heavy atom. The number of carbonyl (C=O) groups excluding carboxylic acids is 2. The summed E-state index contributed by atoms with van der Waals surface area (Å²) in [5.41, 5.74) is -0.0630. The van der Waals surface area contributed by atoms with Crippen molar-refractivity contribution in [2.75, 3.05) is 5.75 Å². The predicted octanol–water partition coefficient (Wildman–Crippen LogP) is 2.38. The zero-order chi connectivity index (χ0) is 12.0. The van der Waals surface area contributed by atoms with Gasteiger partial charge in [0.2, 0.25) is 0 Å². The van der Waals surface area contributed by atoms with Crippen LogP contribution < -0.4 is 0 Å². The number of carbonyl (C=O) groups is 2. The molecule has 0 heterocycles. The quantitative estimate of drug-likeness (QED) is 0.510. The molecule has 1 atom stereocenters. The van der Waals surface area contributed by atoms with Gasteiger partial charge < -0.3 is 4.74 Å². The van der Waals surface area contributed by atoms with Crippen LogP contribution in [0.2, 0.25) is 0 Å². The Balaban J connectivity index is 2.59. The number of hydrogen-bond donors (Lipinski definition) is 1. The van der Waals surface area contributed by atoms with Crippen molar-refractivity contribution in [2.45, 2.75) is 12.4 Å². The molecule has 0 radical (unpaired) electrons. The van der Waals surface area contributed by atoms with Crippen molar-refractivity contribution in [3.63, 3.8) is 0 Å². The van der Waals surface area contributed by atoms with Crippen LogP contribution in [0.15, 0.2) is 30.3 Å². The van der Waals surface area contributed by atoms with Crippen LogP contribution in [-0.4, -0.2) is 22.3 Å². The number of esters is 1. The van der Waals surface area contributed by atoms with E-state index in [-0.39, 0.29) is 5.12 Å². The summed E-state index contributed by atoms with van der Waals surface area (Å²) in [6, 6.07) is 8.65. The highest BCUT2D eigenvalue weighted by atomic mass is 32.2. The first-order valence-electron chi connectivity index (χ1n) is 4.67. The summed E-state index contributed by atoms with van der Waals surface area (Å²) in [6.07, 6.45) is 0. The van der Waals surface area contributed by atoms with Gasteiger partial charge in [-0.05, 0) is 23.9 Å². The lowest BCUT2D eigenvalue weighted by molar-refractivity contribution is -0.109. The zero-order valence-electron chi connectivity index (χ0n) is 8.75. The molecule has 1 rings (SSSR count). The SMILES string of the molecule is CC(=O)SC(CS)OC(=O)c1ccccc1. The normalized spacial score (nSPS) is 11.9. The first-order valence-corrected chi connectivity index (χ1v) is 6.19. The Hall–Kier alpha value is -0.940. The van der Waals surface area contributed by atoms with E-state index >= 15 is 0 Å². The molecule has 1 aromatic carbocycles. The fraction of sp³-hybridized carbons (Fsp3) is 0.273. The van der Waals surface area contributed by atoms with Gasteiger partial charge in [-0.2, -0.15) is 12.6 Å². The van der Waals surface area contributed by atoms with Crippen LogP contribution in [-0.2, 0) is 9.53 Å². The number of benzene rings is 1. The van der Waals surface area contributed by atoms with Gasteiger partial charge in [0.15, 0.2) is 10.6 Å². The van der Waals surface area contributed by atoms with Gasteiger partial charge in [-0.15, -0.1) is 0 Å². The van der Waals surface area contributed by atoms with Crippen molar-refractivity contribution in [3.05, 3.63) is 35.9 Å². The Morgan fingerprint density at radius 3 is 2.50 bits per heavy atom. The highest BCUT2D eigenvalue weighted by molar-refractivity contribution is 8.14. The second-order valence-electron chi connectivity index (χ2n) is 2.99. The van der Waals surface area contributed by atoms with Gasteiger partial charge in [-0.3, -0.25) is 4.79 Å². The number of hydrogen-bond acceptors (Lipinski definition) is 5. The Kier molecular flexibility index (Phi) is 5.42. The average molecular weight is 256 g/mol. The highest BCUT2D eigenvalue weighted by Crippen LogP contribution is 2.16. The smallest absolute Gasteiger partial charge is 0.339 e. The molecule has 16 heavy (non-hydrogen) atoms. The third kappa shape index (κ3) is 4.28. The molecule has 0 aliphatic rings. The van der Waals surface area contributed by atoms with Gasteiger partial charge in [0.1, 0.15) is 0 Å². The molecule has 0 spiro atoms. The van der Waals surface area contributed by atoms with Gasteiger partial charge in [0, 0.05) is 12.7 Å². The van der Waals surface area contributed by atoms with E-state index in [1.165, 1.54) is 6.92 Å². The summed E-state index contributed by atoms with van der Waals surface area (Å²) < 4.78 is 5.12. The molecule has 1 aromatic rings. The van der Waals surface area contributed by atoms with Gasteiger partial charge in [0.25, 0.3) is 0 Å². The zero-order valence-corrected chi connectivity index (χ0v) is 10.5. The van der Waals surface area contributed by atoms with Crippen molar-refractivity contribution in [1.82, 2.24) is 0 Å². The molecule has 0 saturated carbocycles. The third-order valence-corrected chi connectivity index (χ3v) is 3.13. The number of thioether (sulfide) groups is 1. The first-order chi connectivity index (χ1) is 7.63. The van der Waals surface area contributed by atoms with Gasteiger partial charge in [-0.1, -0.05) is 18.2 Å². The van der Waals surface area contributed by atoms with Gasteiger partial charge in [0.05, 0.1) is 5.56 Å².